The van der Waals surface area contributed by atoms with Crippen LogP contribution >= 0.6 is 31.9 Å². The van der Waals surface area contributed by atoms with Crippen molar-refractivity contribution in [1.29, 1.82) is 0 Å². The van der Waals surface area contributed by atoms with Crippen molar-refractivity contribution in [2.24, 2.45) is 4.99 Å². The average Bonchev–Trinajstić information content (AvgIpc) is 3.65. The number of aliphatic imine (C=N–C) groups is 1. The Morgan fingerprint density at radius 1 is 0.724 bits per heavy atom. The molecule has 2 N–H and O–H groups in total. The topological polar surface area (TPSA) is 98.6 Å². The first-order valence-corrected chi connectivity index (χ1v) is 20.8. The van der Waals surface area contributed by atoms with Gasteiger partial charge in [-0.05, 0) is 88.8 Å². The molecule has 8 nitrogen and oxygen atoms in total. The second-order valence-electron chi connectivity index (χ2n) is 13.9. The Hall–Kier alpha value is -5.42. The van der Waals surface area contributed by atoms with Crippen molar-refractivity contribution in [2.45, 2.75) is 44.1 Å². The SMILES string of the molecule is O=C(NCCc1ccc(OCc2ccccc2)c(OCc2ccccc2)c1)[C@]1(Cc2ccccc2Br)N=C(c2ccc(OCCCO)cc2)O[C@@H]1c1ccc(Br)cc1. The third-order valence-electron chi connectivity index (χ3n) is 9.80. The monoisotopic (exact) mass is 902 g/mol. The van der Waals surface area contributed by atoms with Crippen LogP contribution in [0.2, 0.25) is 0 Å². The van der Waals surface area contributed by atoms with E-state index >= 15 is 0 Å². The van der Waals surface area contributed by atoms with Gasteiger partial charge in [-0.25, -0.2) is 4.99 Å². The highest BCUT2D eigenvalue weighted by atomic mass is 79.9. The summed E-state index contributed by atoms with van der Waals surface area (Å²) in [5.41, 5.74) is 4.19. The molecule has 1 aliphatic rings. The van der Waals surface area contributed by atoms with Crippen LogP contribution < -0.4 is 19.5 Å². The Labute approximate surface area is 356 Å². The van der Waals surface area contributed by atoms with E-state index in [0.717, 1.165) is 42.3 Å². The molecule has 10 heteroatoms. The van der Waals surface area contributed by atoms with Crippen LogP contribution in [-0.2, 0) is 35.6 Å². The number of carbonyl (C=O) groups is 1. The predicted octanol–water partition coefficient (Wildman–Crippen LogP) is 9.99. The van der Waals surface area contributed by atoms with Crippen molar-refractivity contribution in [3.8, 4) is 17.2 Å². The number of carbonyl (C=O) groups excluding carboxylic acids is 1. The number of nitrogens with one attached hydrogen (secondary N) is 1. The van der Waals surface area contributed by atoms with Gasteiger partial charge in [0.05, 0.1) is 6.61 Å². The van der Waals surface area contributed by atoms with Gasteiger partial charge in [0.15, 0.2) is 23.1 Å². The van der Waals surface area contributed by atoms with Crippen molar-refractivity contribution >= 4 is 43.7 Å². The zero-order valence-electron chi connectivity index (χ0n) is 31.9. The number of ether oxygens (including phenoxy) is 4. The van der Waals surface area contributed by atoms with Crippen LogP contribution in [0, 0.1) is 0 Å². The van der Waals surface area contributed by atoms with E-state index in [-0.39, 0.29) is 18.9 Å². The number of amides is 1. The van der Waals surface area contributed by atoms with Crippen LogP contribution in [-0.4, -0.2) is 42.2 Å². The van der Waals surface area contributed by atoms with Gasteiger partial charge in [0, 0.05) is 40.5 Å². The second-order valence-corrected chi connectivity index (χ2v) is 15.7. The summed E-state index contributed by atoms with van der Waals surface area (Å²) >= 11 is 7.29. The normalized spacial score (nSPS) is 15.9. The summed E-state index contributed by atoms with van der Waals surface area (Å²) in [5, 5.41) is 12.4. The standard InChI is InChI=1S/C48H44Br2N2O6/c49-40-21-17-37(18-22-40)45-48(31-39-14-7-8-15-42(39)50,52-46(58-45)38-19-23-41(24-20-38)55-29-9-28-53)47(54)51-27-26-34-16-25-43(56-32-35-10-3-1-4-11-35)44(30-34)57-33-36-12-5-2-6-13-36/h1-8,10-25,30,45,53H,9,26-29,31-33H2,(H,51,54)/t45-,48-/m1/s1. The summed E-state index contributed by atoms with van der Waals surface area (Å²) in [6.07, 6.45) is 0.617. The van der Waals surface area contributed by atoms with Crippen molar-refractivity contribution in [3.63, 3.8) is 0 Å². The summed E-state index contributed by atoms with van der Waals surface area (Å²) in [4.78, 5) is 20.1. The fourth-order valence-corrected chi connectivity index (χ4v) is 7.43. The Bertz CT molecular complexity index is 2290. The van der Waals surface area contributed by atoms with Crippen molar-refractivity contribution < 1.29 is 28.8 Å². The molecule has 0 unspecified atom stereocenters. The van der Waals surface area contributed by atoms with Gasteiger partial charge in [0.2, 0.25) is 5.90 Å². The van der Waals surface area contributed by atoms with E-state index < -0.39 is 11.6 Å². The Balaban J connectivity index is 1.16. The van der Waals surface area contributed by atoms with Gasteiger partial charge >= 0.3 is 0 Å². The summed E-state index contributed by atoms with van der Waals surface area (Å²) < 4.78 is 26.9. The summed E-state index contributed by atoms with van der Waals surface area (Å²) in [6.45, 7) is 1.60. The third-order valence-corrected chi connectivity index (χ3v) is 11.1. The van der Waals surface area contributed by atoms with Crippen molar-refractivity contribution in [3.05, 3.63) is 194 Å². The molecule has 7 rings (SSSR count). The predicted molar refractivity (Wildman–Crippen MR) is 233 cm³/mol. The van der Waals surface area contributed by atoms with Crippen LogP contribution in [0.5, 0.6) is 17.2 Å². The molecule has 0 fully saturated rings. The zero-order valence-corrected chi connectivity index (χ0v) is 35.0. The van der Waals surface area contributed by atoms with Crippen LogP contribution in [0.15, 0.2) is 166 Å². The fraction of sp³-hybridized carbons (Fsp3) is 0.208. The molecule has 0 saturated heterocycles. The molecule has 6 aromatic carbocycles. The lowest BCUT2D eigenvalue weighted by Crippen LogP contribution is -2.50. The van der Waals surface area contributed by atoms with Gasteiger partial charge in [0.1, 0.15) is 19.0 Å². The third kappa shape index (κ3) is 10.4. The molecule has 2 atom stereocenters. The minimum absolute atomic E-state index is 0.0580. The number of hydrogen-bond donors (Lipinski definition) is 2. The first-order chi connectivity index (χ1) is 28.4. The minimum atomic E-state index is -1.36. The molecule has 0 saturated carbocycles. The number of benzene rings is 6. The molecular formula is C48H44Br2N2O6. The Morgan fingerprint density at radius 2 is 1.38 bits per heavy atom. The van der Waals surface area contributed by atoms with Crippen molar-refractivity contribution in [1.82, 2.24) is 5.32 Å². The number of hydrogen-bond acceptors (Lipinski definition) is 7. The molecule has 0 aromatic heterocycles. The summed E-state index contributed by atoms with van der Waals surface area (Å²) in [7, 11) is 0. The molecule has 0 aliphatic carbocycles. The zero-order chi connectivity index (χ0) is 40.2. The highest BCUT2D eigenvalue weighted by Crippen LogP contribution is 2.44. The number of rotatable bonds is 18. The van der Waals surface area contributed by atoms with Gasteiger partial charge in [-0.1, -0.05) is 129 Å². The lowest BCUT2D eigenvalue weighted by Gasteiger charge is -2.31. The molecular weight excluding hydrogens is 860 g/mol. The maximum atomic E-state index is 14.9. The van der Waals surface area contributed by atoms with Crippen LogP contribution in [0.1, 0.15) is 45.9 Å². The lowest BCUT2D eigenvalue weighted by atomic mass is 9.82. The van der Waals surface area contributed by atoms with Crippen LogP contribution in [0.25, 0.3) is 0 Å². The van der Waals surface area contributed by atoms with Crippen molar-refractivity contribution in [2.75, 3.05) is 19.8 Å². The van der Waals surface area contributed by atoms with Gasteiger partial charge in [-0.15, -0.1) is 0 Å². The number of nitrogens with zero attached hydrogens (tertiary/aromatic N) is 1. The average molecular weight is 905 g/mol. The molecule has 0 spiro atoms. The first-order valence-electron chi connectivity index (χ1n) is 19.2. The van der Waals surface area contributed by atoms with E-state index in [4.69, 9.17) is 29.0 Å². The molecule has 1 aliphatic heterocycles. The minimum Gasteiger partial charge on any atom is -0.494 e. The maximum absolute atomic E-state index is 14.9. The molecule has 6 aromatic rings. The van der Waals surface area contributed by atoms with Gasteiger partial charge in [0.25, 0.3) is 5.91 Å². The smallest absolute Gasteiger partial charge is 0.252 e. The molecule has 1 amide bonds. The van der Waals surface area contributed by atoms with E-state index in [9.17, 15) is 4.79 Å². The first kappa shape index (κ1) is 40.8. The Morgan fingerprint density at radius 3 is 2.05 bits per heavy atom. The van der Waals surface area contributed by atoms with Gasteiger partial charge in [-0.2, -0.15) is 0 Å². The number of halogens is 2. The Kier molecular flexibility index (Phi) is 13.9. The van der Waals surface area contributed by atoms with E-state index in [1.165, 1.54) is 0 Å². The highest BCUT2D eigenvalue weighted by Gasteiger charge is 2.53. The van der Waals surface area contributed by atoms with Gasteiger partial charge < -0.3 is 29.4 Å². The highest BCUT2D eigenvalue weighted by molar-refractivity contribution is 9.10. The quantitative estimate of drug-likeness (QED) is 0.0834. The van der Waals surface area contributed by atoms with E-state index in [0.29, 0.717) is 62.4 Å². The number of aliphatic hydroxyl groups is 1. The molecule has 58 heavy (non-hydrogen) atoms. The molecule has 0 bridgehead atoms. The molecule has 0 radical (unpaired) electrons. The van der Waals surface area contributed by atoms with Crippen LogP contribution in [0.4, 0.5) is 0 Å². The lowest BCUT2D eigenvalue weighted by molar-refractivity contribution is -0.128. The van der Waals surface area contributed by atoms with E-state index in [1.54, 1.807) is 0 Å². The fourth-order valence-electron chi connectivity index (χ4n) is 6.74. The summed E-state index contributed by atoms with van der Waals surface area (Å²) in [6, 6.07) is 49.1. The van der Waals surface area contributed by atoms with Gasteiger partial charge in [-0.3, -0.25) is 4.79 Å². The maximum Gasteiger partial charge on any atom is 0.252 e. The van der Waals surface area contributed by atoms with E-state index in [1.807, 2.05) is 152 Å². The second kappa shape index (κ2) is 19.8. The molecule has 1 heterocycles. The number of aliphatic hydroxyl groups excluding tert-OH is 1. The molecule has 296 valence electrons. The van der Waals surface area contributed by atoms with Crippen LogP contribution in [0.3, 0.4) is 0 Å². The van der Waals surface area contributed by atoms with E-state index in [2.05, 4.69) is 37.2 Å². The summed E-state index contributed by atoms with van der Waals surface area (Å²) in [5.74, 6) is 2.06. The largest absolute Gasteiger partial charge is 0.494 e.